The fourth-order valence-corrected chi connectivity index (χ4v) is 9.64. The van der Waals surface area contributed by atoms with Crippen LogP contribution in [0.5, 0.6) is 23.0 Å². The largest absolute Gasteiger partial charge is 0.449 e. The van der Waals surface area contributed by atoms with Gasteiger partial charge in [-0.05, 0) is 91.9 Å². The second kappa shape index (κ2) is 11.8. The first-order chi connectivity index (χ1) is 27.8. The van der Waals surface area contributed by atoms with Gasteiger partial charge < -0.3 is 14.4 Å². The van der Waals surface area contributed by atoms with Gasteiger partial charge in [-0.25, -0.2) is 0 Å². The summed E-state index contributed by atoms with van der Waals surface area (Å²) in [5.74, 6) is 2.79. The van der Waals surface area contributed by atoms with E-state index in [-0.39, 0.29) is 0 Å². The molecule has 9 aromatic carbocycles. The van der Waals surface area contributed by atoms with Gasteiger partial charge in [-0.3, -0.25) is 0 Å². The van der Waals surface area contributed by atoms with Gasteiger partial charge in [0.2, 0.25) is 0 Å². The lowest BCUT2D eigenvalue weighted by atomic mass is 9.70. The van der Waals surface area contributed by atoms with Crippen molar-refractivity contribution >= 4 is 27.8 Å². The van der Waals surface area contributed by atoms with Crippen molar-refractivity contribution in [1.82, 2.24) is 0 Å². The van der Waals surface area contributed by atoms with E-state index in [4.69, 9.17) is 9.47 Å². The molecule has 0 saturated carbocycles. The van der Waals surface area contributed by atoms with Crippen molar-refractivity contribution in [3.05, 3.63) is 222 Å². The van der Waals surface area contributed by atoms with Crippen molar-refractivity contribution in [3.63, 3.8) is 0 Å². The molecule has 1 aliphatic heterocycles. The Bertz CT molecular complexity index is 3000. The molecule has 56 heavy (non-hydrogen) atoms. The number of fused-ring (bicyclic) bond motifs is 13. The topological polar surface area (TPSA) is 21.7 Å². The molecule has 9 aromatic rings. The van der Waals surface area contributed by atoms with Gasteiger partial charge in [0, 0.05) is 17.0 Å². The van der Waals surface area contributed by atoms with Crippen LogP contribution in [0, 0.1) is 0 Å². The van der Waals surface area contributed by atoms with Crippen molar-refractivity contribution in [2.24, 2.45) is 0 Å². The predicted molar refractivity (Wildman–Crippen MR) is 227 cm³/mol. The highest BCUT2D eigenvalue weighted by atomic mass is 16.6. The normalized spacial score (nSPS) is 13.4. The molecule has 0 N–H and O–H groups in total. The van der Waals surface area contributed by atoms with E-state index >= 15 is 0 Å². The summed E-state index contributed by atoms with van der Waals surface area (Å²) in [5.41, 5.74) is 15.0. The summed E-state index contributed by atoms with van der Waals surface area (Å²) in [5, 5.41) is 2.34. The highest BCUT2D eigenvalue weighted by Crippen LogP contribution is 2.64. The Labute approximate surface area is 325 Å². The van der Waals surface area contributed by atoms with Crippen molar-refractivity contribution in [3.8, 4) is 56.4 Å². The summed E-state index contributed by atoms with van der Waals surface area (Å²) in [4.78, 5) is 2.35. The lowest BCUT2D eigenvalue weighted by Crippen LogP contribution is -2.25. The Morgan fingerprint density at radius 1 is 0.339 bits per heavy atom. The highest BCUT2D eigenvalue weighted by molar-refractivity contribution is 6.01. The standard InChI is InChI=1S/C53H33NO2/c1-2-15-34(16-3-1)37-20-9-13-27-47(37)54(48-28-14-18-35-17-4-5-19-38(35)48)36-29-30-49-50(31-36)56-52-33-46-42(32-51(52)55-49)41-23-8-12-26-45(41)53(46)43-24-10-6-21-39(43)40-22-7-11-25-44(40)53/h1-33H. The Balaban J connectivity index is 1.04. The maximum absolute atomic E-state index is 6.99. The zero-order chi connectivity index (χ0) is 36.8. The fraction of sp³-hybridized carbons (Fsp3) is 0.0189. The van der Waals surface area contributed by atoms with Gasteiger partial charge in [-0.15, -0.1) is 0 Å². The van der Waals surface area contributed by atoms with E-state index < -0.39 is 5.41 Å². The van der Waals surface area contributed by atoms with E-state index in [0.29, 0.717) is 17.2 Å². The van der Waals surface area contributed by atoms with Gasteiger partial charge in [0.1, 0.15) is 0 Å². The first kappa shape index (κ1) is 31.0. The monoisotopic (exact) mass is 715 g/mol. The van der Waals surface area contributed by atoms with E-state index in [2.05, 4.69) is 199 Å². The second-order valence-corrected chi connectivity index (χ2v) is 14.8. The first-order valence-corrected chi connectivity index (χ1v) is 19.2. The number of hydrogen-bond acceptors (Lipinski definition) is 3. The van der Waals surface area contributed by atoms with Crippen molar-refractivity contribution in [1.29, 1.82) is 0 Å². The molecule has 12 rings (SSSR count). The molecule has 0 aromatic heterocycles. The van der Waals surface area contributed by atoms with Crippen LogP contribution in [0.3, 0.4) is 0 Å². The Hall–Kier alpha value is -7.36. The summed E-state index contributed by atoms with van der Waals surface area (Å²) >= 11 is 0. The number of anilines is 3. The van der Waals surface area contributed by atoms with Crippen LogP contribution < -0.4 is 14.4 Å². The third-order valence-electron chi connectivity index (χ3n) is 11.9. The summed E-state index contributed by atoms with van der Waals surface area (Å²) in [6, 6.07) is 71.7. The van der Waals surface area contributed by atoms with E-state index in [1.165, 1.54) is 49.9 Å². The van der Waals surface area contributed by atoms with Crippen LogP contribution >= 0.6 is 0 Å². The molecule has 3 heteroatoms. The van der Waals surface area contributed by atoms with Crippen LogP contribution in [0.1, 0.15) is 22.3 Å². The number of para-hydroxylation sites is 1. The minimum atomic E-state index is -0.466. The molecule has 3 nitrogen and oxygen atoms in total. The van der Waals surface area contributed by atoms with Crippen LogP contribution in [0.15, 0.2) is 200 Å². The molecule has 2 aliphatic carbocycles. The maximum atomic E-state index is 6.99. The quantitative estimate of drug-likeness (QED) is 0.181. The number of ether oxygens (including phenoxy) is 2. The Morgan fingerprint density at radius 3 is 1.62 bits per heavy atom. The zero-order valence-corrected chi connectivity index (χ0v) is 30.3. The molecule has 1 heterocycles. The third-order valence-corrected chi connectivity index (χ3v) is 11.9. The molecular weight excluding hydrogens is 683 g/mol. The van der Waals surface area contributed by atoms with Gasteiger partial charge in [0.25, 0.3) is 0 Å². The van der Waals surface area contributed by atoms with Crippen molar-refractivity contribution in [2.75, 3.05) is 4.90 Å². The zero-order valence-electron chi connectivity index (χ0n) is 30.3. The van der Waals surface area contributed by atoms with E-state index in [1.54, 1.807) is 0 Å². The molecule has 0 bridgehead atoms. The number of hydrogen-bond donors (Lipinski definition) is 0. The van der Waals surface area contributed by atoms with Gasteiger partial charge in [-0.2, -0.15) is 0 Å². The van der Waals surface area contributed by atoms with Crippen molar-refractivity contribution < 1.29 is 9.47 Å². The first-order valence-electron chi connectivity index (χ1n) is 19.2. The van der Waals surface area contributed by atoms with Gasteiger partial charge >= 0.3 is 0 Å². The Morgan fingerprint density at radius 2 is 0.875 bits per heavy atom. The molecule has 0 saturated heterocycles. The minimum Gasteiger partial charge on any atom is -0.449 e. The van der Waals surface area contributed by atoms with Crippen LogP contribution in [-0.4, -0.2) is 0 Å². The average molecular weight is 716 g/mol. The van der Waals surface area contributed by atoms with Gasteiger partial charge in [-0.1, -0.05) is 158 Å². The highest BCUT2D eigenvalue weighted by Gasteiger charge is 2.52. The van der Waals surface area contributed by atoms with E-state index in [1.807, 2.05) is 6.07 Å². The second-order valence-electron chi connectivity index (χ2n) is 14.8. The van der Waals surface area contributed by atoms with E-state index in [9.17, 15) is 0 Å². The lowest BCUT2D eigenvalue weighted by molar-refractivity contribution is 0.359. The smallest absolute Gasteiger partial charge is 0.172 e. The van der Waals surface area contributed by atoms with Crippen LogP contribution in [0.2, 0.25) is 0 Å². The molecule has 0 atom stereocenters. The summed E-state index contributed by atoms with van der Waals surface area (Å²) < 4.78 is 13.8. The predicted octanol–water partition coefficient (Wildman–Crippen LogP) is 14.2. The SMILES string of the molecule is c1ccc(-c2ccccc2N(c2ccc3c(c2)Oc2cc4c(cc2O3)-c2ccccc2C42c3ccccc3-c3ccccc32)c2cccc3ccccc23)cc1. The number of rotatable bonds is 4. The summed E-state index contributed by atoms with van der Waals surface area (Å²) in [6.07, 6.45) is 0. The summed E-state index contributed by atoms with van der Waals surface area (Å²) in [6.45, 7) is 0. The van der Waals surface area contributed by atoms with Gasteiger partial charge in [0.05, 0.1) is 22.5 Å². The van der Waals surface area contributed by atoms with Crippen LogP contribution in [0.25, 0.3) is 44.2 Å². The molecular formula is C53H33NO2. The third kappa shape index (κ3) is 4.28. The lowest BCUT2D eigenvalue weighted by Gasteiger charge is -2.32. The molecule has 0 fully saturated rings. The Kier molecular flexibility index (Phi) is 6.55. The molecule has 0 radical (unpaired) electrons. The molecule has 0 amide bonds. The van der Waals surface area contributed by atoms with Gasteiger partial charge in [0.15, 0.2) is 23.0 Å². The summed E-state index contributed by atoms with van der Waals surface area (Å²) in [7, 11) is 0. The molecule has 0 unspecified atom stereocenters. The van der Waals surface area contributed by atoms with Crippen LogP contribution in [-0.2, 0) is 5.41 Å². The number of benzene rings is 9. The molecule has 3 aliphatic rings. The number of nitrogens with zero attached hydrogens (tertiary/aromatic N) is 1. The fourth-order valence-electron chi connectivity index (χ4n) is 9.64. The van der Waals surface area contributed by atoms with Crippen LogP contribution in [0.4, 0.5) is 17.1 Å². The minimum absolute atomic E-state index is 0.466. The van der Waals surface area contributed by atoms with Crippen molar-refractivity contribution in [2.45, 2.75) is 5.41 Å². The van der Waals surface area contributed by atoms with E-state index in [0.717, 1.165) is 39.3 Å². The maximum Gasteiger partial charge on any atom is 0.172 e. The average Bonchev–Trinajstić information content (AvgIpc) is 3.72. The molecule has 262 valence electrons. The molecule has 1 spiro atoms.